The van der Waals surface area contributed by atoms with E-state index >= 15 is 0 Å². The molecule has 3 N–H and O–H groups in total. The largest absolute Gasteiger partial charge is 0.479 e. The van der Waals surface area contributed by atoms with E-state index in [0.717, 1.165) is 5.56 Å². The van der Waals surface area contributed by atoms with Gasteiger partial charge in [0.2, 0.25) is 11.8 Å². The van der Waals surface area contributed by atoms with Gasteiger partial charge in [-0.15, -0.1) is 0 Å². The van der Waals surface area contributed by atoms with Crippen molar-refractivity contribution in [3.8, 4) is 23.1 Å². The van der Waals surface area contributed by atoms with Crippen LogP contribution in [0.1, 0.15) is 5.56 Å². The lowest BCUT2D eigenvalue weighted by molar-refractivity contribution is -0.385. The van der Waals surface area contributed by atoms with Crippen molar-refractivity contribution in [3.63, 3.8) is 0 Å². The first-order valence-corrected chi connectivity index (χ1v) is 11.3. The number of benzene rings is 3. The fourth-order valence-corrected chi connectivity index (χ4v) is 4.00. The fraction of sp³-hybridized carbons (Fsp3) is 0.0800. The number of para-hydroxylation sites is 2. The lowest BCUT2D eigenvalue weighted by atomic mass is 10.2. The van der Waals surface area contributed by atoms with E-state index in [4.69, 9.17) is 15.5 Å². The maximum atomic E-state index is 11.2. The van der Waals surface area contributed by atoms with Gasteiger partial charge in [0.25, 0.3) is 11.4 Å². The van der Waals surface area contributed by atoms with Gasteiger partial charge in [-0.2, -0.15) is 9.97 Å². The van der Waals surface area contributed by atoms with E-state index in [1.54, 1.807) is 28.8 Å². The van der Waals surface area contributed by atoms with Crippen LogP contribution in [0.4, 0.5) is 23.0 Å². The molecular weight excluding hydrogens is 492 g/mol. The Morgan fingerprint density at radius 1 is 0.895 bits per heavy atom. The highest BCUT2D eigenvalue weighted by molar-refractivity contribution is 5.85. The smallest absolute Gasteiger partial charge is 0.269 e. The predicted molar refractivity (Wildman–Crippen MR) is 140 cm³/mol. The second-order valence-electron chi connectivity index (χ2n) is 8.13. The van der Waals surface area contributed by atoms with Crippen molar-refractivity contribution in [2.75, 3.05) is 18.2 Å². The van der Waals surface area contributed by atoms with Crippen molar-refractivity contribution >= 4 is 34.0 Å². The summed E-state index contributed by atoms with van der Waals surface area (Å²) in [6, 6.07) is 19.6. The molecule has 0 saturated carbocycles. The molecule has 190 valence electrons. The topological polar surface area (TPSA) is 177 Å². The number of hydrogen-bond acceptors (Lipinski definition) is 10. The summed E-state index contributed by atoms with van der Waals surface area (Å²) in [7, 11) is 1.45. The summed E-state index contributed by atoms with van der Waals surface area (Å²) in [6.07, 6.45) is 0. The summed E-state index contributed by atoms with van der Waals surface area (Å²) in [4.78, 5) is 34.7. The molecule has 0 atom stereocenters. The number of ether oxygens (including phenoxy) is 1. The van der Waals surface area contributed by atoms with Gasteiger partial charge in [0, 0.05) is 36.4 Å². The number of nitro groups is 2. The number of nitrogens with two attached hydrogens (primary N) is 1. The number of nitrogens with zero attached hydrogens (tertiary/aromatic N) is 6. The van der Waals surface area contributed by atoms with Crippen LogP contribution in [0.15, 0.2) is 72.8 Å². The van der Waals surface area contributed by atoms with Crippen LogP contribution >= 0.6 is 0 Å². The minimum Gasteiger partial charge on any atom is -0.479 e. The summed E-state index contributed by atoms with van der Waals surface area (Å²) in [6.45, 7) is 0.272. The third kappa shape index (κ3) is 4.51. The van der Waals surface area contributed by atoms with Gasteiger partial charge in [0.1, 0.15) is 11.5 Å². The van der Waals surface area contributed by atoms with Crippen molar-refractivity contribution < 1.29 is 14.6 Å². The average Bonchev–Trinajstić information content (AvgIpc) is 3.31. The molecule has 38 heavy (non-hydrogen) atoms. The molecule has 5 rings (SSSR count). The second kappa shape index (κ2) is 9.81. The number of nitrogen functional groups attached to an aromatic ring is 1. The van der Waals surface area contributed by atoms with Gasteiger partial charge >= 0.3 is 0 Å². The van der Waals surface area contributed by atoms with Crippen LogP contribution in [-0.2, 0) is 6.54 Å². The molecule has 0 saturated heterocycles. The van der Waals surface area contributed by atoms with Gasteiger partial charge in [-0.1, -0.05) is 24.3 Å². The number of fused-ring (bicyclic) bond motifs is 1. The molecule has 5 aromatic rings. The number of nitro benzene ring substituents is 2. The summed E-state index contributed by atoms with van der Waals surface area (Å²) in [5, 5.41) is 25.4. The van der Waals surface area contributed by atoms with E-state index in [2.05, 4.69) is 15.3 Å². The molecule has 2 aromatic heterocycles. The minimum absolute atomic E-state index is 0.0135. The lowest BCUT2D eigenvalue weighted by Crippen LogP contribution is -2.12. The second-order valence-corrected chi connectivity index (χ2v) is 8.13. The van der Waals surface area contributed by atoms with Crippen LogP contribution in [0.25, 0.3) is 28.2 Å². The number of methoxy groups -OCH3 is 1. The Morgan fingerprint density at radius 3 is 2.16 bits per heavy atom. The van der Waals surface area contributed by atoms with Crippen LogP contribution in [0.3, 0.4) is 0 Å². The summed E-state index contributed by atoms with van der Waals surface area (Å²) >= 11 is 0. The summed E-state index contributed by atoms with van der Waals surface area (Å²) in [5.41, 5.74) is 9.15. The average molecular weight is 512 g/mol. The van der Waals surface area contributed by atoms with Gasteiger partial charge in [0.05, 0.1) is 28.0 Å². The molecule has 0 spiro atoms. The van der Waals surface area contributed by atoms with E-state index in [0.29, 0.717) is 33.9 Å². The van der Waals surface area contributed by atoms with Crippen molar-refractivity contribution in [2.45, 2.75) is 6.54 Å². The van der Waals surface area contributed by atoms with Crippen LogP contribution in [0.2, 0.25) is 0 Å². The molecule has 0 radical (unpaired) electrons. The van der Waals surface area contributed by atoms with E-state index in [1.165, 1.54) is 31.4 Å². The van der Waals surface area contributed by atoms with E-state index in [-0.39, 0.29) is 29.7 Å². The number of rotatable bonds is 8. The molecule has 0 bridgehead atoms. The third-order valence-electron chi connectivity index (χ3n) is 5.79. The summed E-state index contributed by atoms with van der Waals surface area (Å²) in [5.74, 6) is 0.963. The molecule has 0 aliphatic heterocycles. The Kier molecular flexibility index (Phi) is 6.23. The highest BCUT2D eigenvalue weighted by Crippen LogP contribution is 2.36. The molecule has 0 fully saturated rings. The van der Waals surface area contributed by atoms with E-state index in [1.807, 2.05) is 24.3 Å². The monoisotopic (exact) mass is 512 g/mol. The maximum Gasteiger partial charge on any atom is 0.269 e. The third-order valence-corrected chi connectivity index (χ3v) is 5.79. The highest BCUT2D eigenvalue weighted by Gasteiger charge is 2.23. The summed E-state index contributed by atoms with van der Waals surface area (Å²) < 4.78 is 7.29. The zero-order valence-corrected chi connectivity index (χ0v) is 19.9. The van der Waals surface area contributed by atoms with Gasteiger partial charge in [-0.05, 0) is 29.8 Å². The molecule has 2 heterocycles. The zero-order valence-electron chi connectivity index (χ0n) is 19.9. The number of aromatic nitrogens is 4. The highest BCUT2D eigenvalue weighted by atomic mass is 16.6. The molecule has 0 aliphatic rings. The molecule has 3 aromatic carbocycles. The predicted octanol–water partition coefficient (Wildman–Crippen LogP) is 4.50. The SMILES string of the molecule is COc1nc(N)nc(-n2c(-c3ccc([N+](=O)[O-])cc3)nc3ccccc32)c1NCc1ccc([N+](=O)[O-])cc1. The normalized spacial score (nSPS) is 10.9. The van der Waals surface area contributed by atoms with Gasteiger partial charge < -0.3 is 15.8 Å². The Labute approximate surface area is 214 Å². The zero-order chi connectivity index (χ0) is 26.8. The van der Waals surface area contributed by atoms with Crippen molar-refractivity contribution in [1.82, 2.24) is 19.5 Å². The fourth-order valence-electron chi connectivity index (χ4n) is 4.00. The molecule has 0 unspecified atom stereocenters. The molecule has 13 nitrogen and oxygen atoms in total. The molecular formula is C25H20N8O5. The molecule has 0 amide bonds. The number of non-ortho nitro benzene ring substituents is 2. The lowest BCUT2D eigenvalue weighted by Gasteiger charge is -2.17. The minimum atomic E-state index is -0.469. The van der Waals surface area contributed by atoms with Gasteiger partial charge in [0.15, 0.2) is 5.82 Å². The Bertz CT molecular complexity index is 1670. The Hall–Kier alpha value is -5.59. The van der Waals surface area contributed by atoms with E-state index < -0.39 is 9.85 Å². The van der Waals surface area contributed by atoms with Crippen LogP contribution in [-0.4, -0.2) is 36.5 Å². The van der Waals surface area contributed by atoms with Crippen LogP contribution < -0.4 is 15.8 Å². The van der Waals surface area contributed by atoms with Gasteiger partial charge in [-0.3, -0.25) is 24.8 Å². The quantitative estimate of drug-likeness (QED) is 0.222. The van der Waals surface area contributed by atoms with E-state index in [9.17, 15) is 20.2 Å². The Balaban J connectivity index is 1.65. The maximum absolute atomic E-state index is 11.2. The first-order chi connectivity index (χ1) is 18.4. The first kappa shape index (κ1) is 24.1. The van der Waals surface area contributed by atoms with Gasteiger partial charge in [-0.25, -0.2) is 4.98 Å². The van der Waals surface area contributed by atoms with Crippen molar-refractivity contribution in [3.05, 3.63) is 98.6 Å². The van der Waals surface area contributed by atoms with Crippen LogP contribution in [0, 0.1) is 20.2 Å². The number of anilines is 2. The Morgan fingerprint density at radius 2 is 1.53 bits per heavy atom. The molecule has 0 aliphatic carbocycles. The first-order valence-electron chi connectivity index (χ1n) is 11.3. The number of nitrogens with one attached hydrogen (secondary N) is 1. The van der Waals surface area contributed by atoms with Crippen molar-refractivity contribution in [1.29, 1.82) is 0 Å². The van der Waals surface area contributed by atoms with Crippen molar-refractivity contribution in [2.24, 2.45) is 0 Å². The van der Waals surface area contributed by atoms with Crippen LogP contribution in [0.5, 0.6) is 5.88 Å². The standard InChI is InChI=1S/C25H20N8O5/c1-38-24-21(27-14-15-6-10-17(11-7-15)32(34)35)23(29-25(26)30-24)31-20-5-3-2-4-19(20)28-22(31)16-8-12-18(13-9-16)33(36)37/h2-13,27H,14H2,1H3,(H2,26,29,30). The number of hydrogen-bond donors (Lipinski definition) is 2. The molecule has 13 heteroatoms. The number of imidazole rings is 1.